The molecule has 0 saturated heterocycles. The Morgan fingerprint density at radius 2 is 1.79 bits per heavy atom. The number of amides is 1. The van der Waals surface area contributed by atoms with Crippen LogP contribution in [0.25, 0.3) is 10.9 Å². The molecule has 3 aromatic carbocycles. The highest BCUT2D eigenvalue weighted by Crippen LogP contribution is 2.26. The number of carbonyl (C=O) groups is 1. The number of fused-ring (bicyclic) bond motifs is 1. The lowest BCUT2D eigenvalue weighted by molar-refractivity contribution is -0.121. The van der Waals surface area contributed by atoms with Gasteiger partial charge in [-0.15, -0.1) is 0 Å². The second-order valence-corrected chi connectivity index (χ2v) is 11.4. The van der Waals surface area contributed by atoms with Crippen LogP contribution in [0, 0.1) is 12.7 Å². The number of hydrogen-bond donors (Lipinski definition) is 2. The fourth-order valence-electron chi connectivity index (χ4n) is 3.84. The van der Waals surface area contributed by atoms with Gasteiger partial charge in [0.15, 0.2) is 0 Å². The molecule has 4 aromatic rings. The van der Waals surface area contributed by atoms with E-state index in [4.69, 9.17) is 23.2 Å². The van der Waals surface area contributed by atoms with Gasteiger partial charge in [0.25, 0.3) is 0 Å². The minimum Gasteiger partial charge on any atom is -0.383 e. The first kappa shape index (κ1) is 27.8. The summed E-state index contributed by atoms with van der Waals surface area (Å²) in [4.78, 5) is 17.1. The number of nitrogens with zero attached hydrogens (tertiary/aromatic N) is 2. The average Bonchev–Trinajstić information content (AvgIpc) is 2.88. The van der Waals surface area contributed by atoms with Crippen molar-refractivity contribution in [3.8, 4) is 0 Å². The summed E-state index contributed by atoms with van der Waals surface area (Å²) in [5, 5.41) is 7.48. The van der Waals surface area contributed by atoms with Crippen molar-refractivity contribution < 1.29 is 17.6 Å². The van der Waals surface area contributed by atoms with Crippen molar-refractivity contribution in [1.29, 1.82) is 0 Å². The predicted molar refractivity (Wildman–Crippen MR) is 148 cm³/mol. The minimum atomic E-state index is -4.13. The summed E-state index contributed by atoms with van der Waals surface area (Å²) in [5.74, 6) is -1.20. The number of aromatic nitrogens is 1. The summed E-state index contributed by atoms with van der Waals surface area (Å²) in [6, 6.07) is 17.5. The maximum absolute atomic E-state index is 14.5. The van der Waals surface area contributed by atoms with Gasteiger partial charge in [0.2, 0.25) is 15.9 Å². The van der Waals surface area contributed by atoms with Gasteiger partial charge in [0.1, 0.15) is 5.82 Å². The molecule has 0 fully saturated rings. The molecule has 4 rings (SSSR count). The fraction of sp³-hybridized carbons (Fsp3) is 0.185. The SMILES string of the molecule is Cc1ccc(S(=O)(=O)N(CC(=O)NCCNc2ccnc3cc(Cl)ccc23)Cc2c(F)cccc2Cl)cc1. The Kier molecular flexibility index (Phi) is 8.83. The van der Waals surface area contributed by atoms with Gasteiger partial charge >= 0.3 is 0 Å². The molecule has 0 unspecified atom stereocenters. The van der Waals surface area contributed by atoms with Crippen molar-refractivity contribution >= 4 is 55.7 Å². The normalized spacial score (nSPS) is 11.6. The zero-order valence-electron chi connectivity index (χ0n) is 20.4. The molecule has 0 aliphatic carbocycles. The van der Waals surface area contributed by atoms with Crippen LogP contribution in [-0.2, 0) is 21.4 Å². The first-order valence-corrected chi connectivity index (χ1v) is 13.9. The Hall–Kier alpha value is -3.24. The smallest absolute Gasteiger partial charge is 0.243 e. The third-order valence-electron chi connectivity index (χ3n) is 5.84. The van der Waals surface area contributed by atoms with E-state index < -0.39 is 34.8 Å². The molecule has 2 N–H and O–H groups in total. The Morgan fingerprint density at radius 3 is 2.53 bits per heavy atom. The summed E-state index contributed by atoms with van der Waals surface area (Å²) < 4.78 is 42.3. The summed E-state index contributed by atoms with van der Waals surface area (Å²) in [6.45, 7) is 1.50. The standard InChI is InChI=1S/C27H25Cl2FN4O3S/c1-18-5-8-20(9-6-18)38(36,37)34(16-22-23(29)3-2-4-24(22)30)17-27(35)33-14-13-32-25-11-12-31-26-15-19(28)7-10-21(25)26/h2-12,15H,13-14,16-17H2,1H3,(H,31,32)(H,33,35). The van der Waals surface area contributed by atoms with Crippen LogP contribution >= 0.6 is 23.2 Å². The van der Waals surface area contributed by atoms with Crippen molar-refractivity contribution in [3.63, 3.8) is 0 Å². The van der Waals surface area contributed by atoms with Crippen LogP contribution < -0.4 is 10.6 Å². The van der Waals surface area contributed by atoms with Gasteiger partial charge in [-0.05, 0) is 55.5 Å². The van der Waals surface area contributed by atoms with Gasteiger partial charge in [-0.1, -0.05) is 47.0 Å². The molecule has 198 valence electrons. The molecule has 0 radical (unpaired) electrons. The van der Waals surface area contributed by atoms with Crippen LogP contribution in [0.15, 0.2) is 77.8 Å². The first-order chi connectivity index (χ1) is 18.1. The fourth-order valence-corrected chi connectivity index (χ4v) is 5.59. The largest absolute Gasteiger partial charge is 0.383 e. The molecule has 0 aliphatic heterocycles. The van der Waals surface area contributed by atoms with Crippen molar-refractivity contribution in [2.45, 2.75) is 18.4 Å². The number of carbonyl (C=O) groups excluding carboxylic acids is 1. The van der Waals surface area contributed by atoms with E-state index in [0.29, 0.717) is 11.6 Å². The van der Waals surface area contributed by atoms with Crippen LogP contribution in [0.5, 0.6) is 0 Å². The van der Waals surface area contributed by atoms with Crippen molar-refractivity contribution in [1.82, 2.24) is 14.6 Å². The van der Waals surface area contributed by atoms with Crippen molar-refractivity contribution in [2.24, 2.45) is 0 Å². The van der Waals surface area contributed by atoms with Crippen LogP contribution in [-0.4, -0.2) is 43.2 Å². The zero-order chi connectivity index (χ0) is 27.3. The quantitative estimate of drug-likeness (QED) is 0.247. The van der Waals surface area contributed by atoms with Crippen LogP contribution in [0.4, 0.5) is 10.1 Å². The number of hydrogen-bond acceptors (Lipinski definition) is 5. The second-order valence-electron chi connectivity index (χ2n) is 8.58. The molecule has 11 heteroatoms. The van der Waals surface area contributed by atoms with Gasteiger partial charge in [-0.25, -0.2) is 12.8 Å². The Bertz CT molecular complexity index is 1550. The number of benzene rings is 3. The molecular formula is C27H25Cl2FN4O3S. The molecule has 0 bridgehead atoms. The molecule has 1 amide bonds. The maximum atomic E-state index is 14.5. The number of halogens is 3. The van der Waals surface area contributed by atoms with E-state index in [9.17, 15) is 17.6 Å². The number of pyridine rings is 1. The van der Waals surface area contributed by atoms with E-state index >= 15 is 0 Å². The van der Waals surface area contributed by atoms with Gasteiger partial charge in [-0.2, -0.15) is 4.31 Å². The van der Waals surface area contributed by atoms with E-state index in [1.807, 2.05) is 19.1 Å². The number of aryl methyl sites for hydroxylation is 1. The first-order valence-electron chi connectivity index (χ1n) is 11.7. The van der Waals surface area contributed by atoms with Crippen molar-refractivity contribution in [2.75, 3.05) is 25.0 Å². The summed E-state index contributed by atoms with van der Waals surface area (Å²) in [7, 11) is -4.13. The third-order valence-corrected chi connectivity index (χ3v) is 8.24. The number of sulfonamides is 1. The molecule has 7 nitrogen and oxygen atoms in total. The second kappa shape index (κ2) is 12.1. The lowest BCUT2D eigenvalue weighted by Crippen LogP contribution is -2.41. The summed E-state index contributed by atoms with van der Waals surface area (Å²) in [6.07, 6.45) is 1.65. The molecule has 0 atom stereocenters. The molecule has 1 heterocycles. The summed E-state index contributed by atoms with van der Waals surface area (Å²) >= 11 is 12.2. The van der Waals surface area contributed by atoms with Gasteiger partial charge in [-0.3, -0.25) is 9.78 Å². The zero-order valence-corrected chi connectivity index (χ0v) is 22.7. The highest BCUT2D eigenvalue weighted by atomic mass is 35.5. The third kappa shape index (κ3) is 6.60. The highest BCUT2D eigenvalue weighted by molar-refractivity contribution is 7.89. The number of rotatable bonds is 10. The number of nitrogens with one attached hydrogen (secondary N) is 2. The highest BCUT2D eigenvalue weighted by Gasteiger charge is 2.28. The van der Waals surface area contributed by atoms with Gasteiger partial charge in [0, 0.05) is 52.5 Å². The Morgan fingerprint density at radius 1 is 1.03 bits per heavy atom. The van der Waals surface area contributed by atoms with Crippen molar-refractivity contribution in [3.05, 3.63) is 99.9 Å². The maximum Gasteiger partial charge on any atom is 0.243 e. The average molecular weight is 575 g/mol. The van der Waals surface area contributed by atoms with Crippen LogP contribution in [0.2, 0.25) is 10.0 Å². The van der Waals surface area contributed by atoms with E-state index in [0.717, 1.165) is 26.5 Å². The summed E-state index contributed by atoms with van der Waals surface area (Å²) in [5.41, 5.74) is 2.42. The number of anilines is 1. The molecule has 1 aromatic heterocycles. The molecular weight excluding hydrogens is 550 g/mol. The van der Waals surface area contributed by atoms with E-state index in [2.05, 4.69) is 15.6 Å². The Balaban J connectivity index is 1.45. The monoisotopic (exact) mass is 574 g/mol. The molecule has 38 heavy (non-hydrogen) atoms. The lowest BCUT2D eigenvalue weighted by Gasteiger charge is -2.23. The van der Waals surface area contributed by atoms with E-state index in [1.54, 1.807) is 30.5 Å². The van der Waals surface area contributed by atoms with Crippen LogP contribution in [0.1, 0.15) is 11.1 Å². The van der Waals surface area contributed by atoms with E-state index in [1.165, 1.54) is 30.3 Å². The molecule has 0 saturated carbocycles. The molecule has 0 spiro atoms. The molecule has 0 aliphatic rings. The van der Waals surface area contributed by atoms with Gasteiger partial charge in [0.05, 0.1) is 17.0 Å². The van der Waals surface area contributed by atoms with Crippen LogP contribution in [0.3, 0.4) is 0 Å². The lowest BCUT2D eigenvalue weighted by atomic mass is 10.2. The van der Waals surface area contributed by atoms with E-state index in [-0.39, 0.29) is 22.0 Å². The Labute approximate surface area is 230 Å². The van der Waals surface area contributed by atoms with Gasteiger partial charge < -0.3 is 10.6 Å². The topological polar surface area (TPSA) is 91.4 Å². The minimum absolute atomic E-state index is 0.00491. The predicted octanol–water partition coefficient (Wildman–Crippen LogP) is 5.41.